The summed E-state index contributed by atoms with van der Waals surface area (Å²) in [6.07, 6.45) is -0.307. The molecule has 0 aliphatic heterocycles. The van der Waals surface area contributed by atoms with Gasteiger partial charge in [-0.3, -0.25) is 9.59 Å². The van der Waals surface area contributed by atoms with Crippen LogP contribution in [0.5, 0.6) is 0 Å². The Morgan fingerprint density at radius 3 is 2.24 bits per heavy atom. The number of anilines is 1. The molecule has 1 amide bonds. The molecule has 0 atom stereocenters. The molecule has 116 valence electrons. The van der Waals surface area contributed by atoms with Gasteiger partial charge in [-0.05, 0) is 38.1 Å². The van der Waals surface area contributed by atoms with Crippen LogP contribution in [0.15, 0.2) is 29.2 Å². The second-order valence-electron chi connectivity index (χ2n) is 4.57. The Bertz CT molecular complexity index is 608. The number of carbonyl (C=O) groups is 2. The number of sulfonamides is 1. The van der Waals surface area contributed by atoms with Gasteiger partial charge in [-0.15, -0.1) is 0 Å². The summed E-state index contributed by atoms with van der Waals surface area (Å²) in [5, 5.41) is 2.53. The summed E-state index contributed by atoms with van der Waals surface area (Å²) in [5.74, 6) is -0.899. The maximum atomic E-state index is 11.9. The summed E-state index contributed by atoms with van der Waals surface area (Å²) in [4.78, 5) is 22.2. The largest absolute Gasteiger partial charge is 0.462 e. The Labute approximate surface area is 123 Å². The molecule has 0 fully saturated rings. The third kappa shape index (κ3) is 5.92. The van der Waals surface area contributed by atoms with E-state index in [2.05, 4.69) is 10.0 Å². The van der Waals surface area contributed by atoms with Gasteiger partial charge in [0.1, 0.15) is 6.54 Å². The van der Waals surface area contributed by atoms with E-state index in [1.807, 2.05) is 0 Å². The topological polar surface area (TPSA) is 102 Å². The quantitative estimate of drug-likeness (QED) is 0.759. The monoisotopic (exact) mass is 314 g/mol. The van der Waals surface area contributed by atoms with E-state index in [0.717, 1.165) is 0 Å². The Balaban J connectivity index is 2.70. The normalized spacial score (nSPS) is 11.2. The molecule has 1 aromatic rings. The number of esters is 1. The summed E-state index contributed by atoms with van der Waals surface area (Å²) in [5.41, 5.74) is 0.487. The number of benzene rings is 1. The summed E-state index contributed by atoms with van der Waals surface area (Å²) in [6.45, 7) is 4.26. The molecule has 0 spiro atoms. The van der Waals surface area contributed by atoms with E-state index in [-0.39, 0.29) is 16.9 Å². The molecule has 0 aliphatic carbocycles. The van der Waals surface area contributed by atoms with Gasteiger partial charge in [0.25, 0.3) is 0 Å². The summed E-state index contributed by atoms with van der Waals surface area (Å²) >= 11 is 0. The van der Waals surface area contributed by atoms with Gasteiger partial charge in [0.2, 0.25) is 15.9 Å². The first-order valence-corrected chi connectivity index (χ1v) is 7.76. The van der Waals surface area contributed by atoms with Gasteiger partial charge in [0, 0.05) is 12.6 Å². The van der Waals surface area contributed by atoms with Crippen molar-refractivity contribution in [1.82, 2.24) is 4.72 Å². The molecule has 8 heteroatoms. The van der Waals surface area contributed by atoms with Crippen molar-refractivity contribution in [2.75, 3.05) is 11.9 Å². The molecule has 0 aliphatic rings. The zero-order valence-corrected chi connectivity index (χ0v) is 12.9. The molecule has 1 aromatic carbocycles. The van der Waals surface area contributed by atoms with Crippen molar-refractivity contribution < 1.29 is 22.7 Å². The molecule has 7 nitrogen and oxygen atoms in total. The van der Waals surface area contributed by atoms with Crippen LogP contribution in [0.1, 0.15) is 20.8 Å². The summed E-state index contributed by atoms with van der Waals surface area (Å²) in [6, 6.07) is 5.59. The van der Waals surface area contributed by atoms with Crippen molar-refractivity contribution in [3.63, 3.8) is 0 Å². The van der Waals surface area contributed by atoms with Gasteiger partial charge in [-0.25, -0.2) is 8.42 Å². The minimum atomic E-state index is -3.80. The lowest BCUT2D eigenvalue weighted by atomic mass is 10.3. The molecule has 0 bridgehead atoms. The number of nitrogens with one attached hydrogen (secondary N) is 2. The van der Waals surface area contributed by atoms with Crippen LogP contribution in [0, 0.1) is 0 Å². The van der Waals surface area contributed by atoms with E-state index in [1.165, 1.54) is 31.2 Å². The molecule has 0 saturated carbocycles. The van der Waals surface area contributed by atoms with Gasteiger partial charge in [-0.2, -0.15) is 4.72 Å². The molecule has 21 heavy (non-hydrogen) atoms. The predicted octanol–water partition coefficient (Wildman–Crippen LogP) is 0.875. The van der Waals surface area contributed by atoms with Crippen LogP contribution in [-0.4, -0.2) is 32.9 Å². The third-order valence-corrected chi connectivity index (χ3v) is 3.68. The zero-order chi connectivity index (χ0) is 16.0. The number of carbonyl (C=O) groups excluding carboxylic acids is 2. The van der Waals surface area contributed by atoms with Crippen molar-refractivity contribution in [3.8, 4) is 0 Å². The predicted molar refractivity (Wildman–Crippen MR) is 77.2 cm³/mol. The fraction of sp³-hybridized carbons (Fsp3) is 0.385. The second-order valence-corrected chi connectivity index (χ2v) is 6.34. The van der Waals surface area contributed by atoms with E-state index < -0.39 is 22.5 Å². The van der Waals surface area contributed by atoms with Gasteiger partial charge in [0.15, 0.2) is 0 Å². The number of hydrogen-bond donors (Lipinski definition) is 2. The molecular weight excluding hydrogens is 296 g/mol. The van der Waals surface area contributed by atoms with Crippen molar-refractivity contribution in [2.45, 2.75) is 31.8 Å². The molecule has 2 N–H and O–H groups in total. The van der Waals surface area contributed by atoms with Crippen molar-refractivity contribution in [3.05, 3.63) is 24.3 Å². The van der Waals surface area contributed by atoms with Crippen LogP contribution in [-0.2, 0) is 24.3 Å². The lowest BCUT2D eigenvalue weighted by Gasteiger charge is -2.10. The lowest BCUT2D eigenvalue weighted by Crippen LogP contribution is -2.31. The van der Waals surface area contributed by atoms with E-state index >= 15 is 0 Å². The zero-order valence-electron chi connectivity index (χ0n) is 12.0. The average molecular weight is 314 g/mol. The van der Waals surface area contributed by atoms with Gasteiger partial charge < -0.3 is 10.1 Å². The Morgan fingerprint density at radius 1 is 1.19 bits per heavy atom. The Morgan fingerprint density at radius 2 is 1.76 bits per heavy atom. The van der Waals surface area contributed by atoms with Crippen LogP contribution in [0.25, 0.3) is 0 Å². The van der Waals surface area contributed by atoms with Crippen molar-refractivity contribution >= 4 is 27.6 Å². The SMILES string of the molecule is CC(=O)Nc1ccc(S(=O)(=O)NCC(=O)OC(C)C)cc1. The van der Waals surface area contributed by atoms with Crippen LogP contribution in [0.4, 0.5) is 5.69 Å². The third-order valence-electron chi connectivity index (χ3n) is 2.26. The highest BCUT2D eigenvalue weighted by atomic mass is 32.2. The second kappa shape index (κ2) is 7.19. The van der Waals surface area contributed by atoms with Crippen LogP contribution >= 0.6 is 0 Å². The Hall–Kier alpha value is -1.93. The highest BCUT2D eigenvalue weighted by Crippen LogP contribution is 2.13. The maximum absolute atomic E-state index is 11.9. The number of amides is 1. The standard InChI is InChI=1S/C13H18N2O5S/c1-9(2)20-13(17)8-14-21(18,19)12-6-4-11(5-7-12)15-10(3)16/h4-7,9,14H,8H2,1-3H3,(H,15,16). The smallest absolute Gasteiger partial charge is 0.321 e. The molecule has 0 radical (unpaired) electrons. The van der Waals surface area contributed by atoms with E-state index in [4.69, 9.17) is 4.74 Å². The summed E-state index contributed by atoms with van der Waals surface area (Å²) in [7, 11) is -3.80. The fourth-order valence-corrected chi connectivity index (χ4v) is 2.43. The van der Waals surface area contributed by atoms with E-state index in [9.17, 15) is 18.0 Å². The molecular formula is C13H18N2O5S. The van der Waals surface area contributed by atoms with Crippen LogP contribution in [0.3, 0.4) is 0 Å². The first kappa shape index (κ1) is 17.1. The first-order chi connectivity index (χ1) is 9.70. The minimum absolute atomic E-state index is 0.00560. The van der Waals surface area contributed by atoms with Gasteiger partial charge in [-0.1, -0.05) is 0 Å². The lowest BCUT2D eigenvalue weighted by molar-refractivity contribution is -0.145. The fourth-order valence-electron chi connectivity index (χ4n) is 1.46. The van der Waals surface area contributed by atoms with Crippen molar-refractivity contribution in [2.24, 2.45) is 0 Å². The molecule has 0 unspecified atom stereocenters. The molecule has 0 aromatic heterocycles. The Kier molecular flexibility index (Phi) is 5.86. The average Bonchev–Trinajstić information content (AvgIpc) is 2.36. The molecule has 1 rings (SSSR count). The number of hydrogen-bond acceptors (Lipinski definition) is 5. The van der Waals surface area contributed by atoms with Crippen LogP contribution in [0.2, 0.25) is 0 Å². The van der Waals surface area contributed by atoms with E-state index in [1.54, 1.807) is 13.8 Å². The summed E-state index contributed by atoms with van der Waals surface area (Å²) < 4.78 is 30.9. The first-order valence-electron chi connectivity index (χ1n) is 6.27. The number of ether oxygens (including phenoxy) is 1. The molecule has 0 heterocycles. The molecule has 0 saturated heterocycles. The minimum Gasteiger partial charge on any atom is -0.462 e. The van der Waals surface area contributed by atoms with Gasteiger partial charge >= 0.3 is 5.97 Å². The van der Waals surface area contributed by atoms with E-state index in [0.29, 0.717) is 5.69 Å². The number of rotatable bonds is 6. The van der Waals surface area contributed by atoms with Crippen LogP contribution < -0.4 is 10.0 Å². The highest BCUT2D eigenvalue weighted by Gasteiger charge is 2.16. The maximum Gasteiger partial charge on any atom is 0.321 e. The van der Waals surface area contributed by atoms with Gasteiger partial charge in [0.05, 0.1) is 11.0 Å². The highest BCUT2D eigenvalue weighted by molar-refractivity contribution is 7.89. The van der Waals surface area contributed by atoms with Crippen molar-refractivity contribution in [1.29, 1.82) is 0 Å².